The molecule has 110 valence electrons. The summed E-state index contributed by atoms with van der Waals surface area (Å²) in [5.41, 5.74) is 3.43. The van der Waals surface area contributed by atoms with Crippen molar-refractivity contribution in [2.24, 2.45) is 0 Å². The van der Waals surface area contributed by atoms with Gasteiger partial charge in [0, 0.05) is 17.3 Å². The van der Waals surface area contributed by atoms with Gasteiger partial charge in [0.25, 0.3) is 5.91 Å². The molecule has 0 saturated heterocycles. The molecule has 0 aliphatic rings. The van der Waals surface area contributed by atoms with Crippen molar-refractivity contribution in [2.45, 2.75) is 13.8 Å². The van der Waals surface area contributed by atoms with Crippen LogP contribution in [0.2, 0.25) is 0 Å². The number of amides is 1. The summed E-state index contributed by atoms with van der Waals surface area (Å²) < 4.78 is 10.4. The predicted octanol–water partition coefficient (Wildman–Crippen LogP) is 3.57. The monoisotopic (exact) mass is 285 g/mol. The third-order valence-electron chi connectivity index (χ3n) is 3.13. The van der Waals surface area contributed by atoms with Gasteiger partial charge in [-0.3, -0.25) is 4.79 Å². The normalized spacial score (nSPS) is 10.1. The van der Waals surface area contributed by atoms with Gasteiger partial charge in [-0.15, -0.1) is 0 Å². The number of benzene rings is 2. The smallest absolute Gasteiger partial charge is 0.255 e. The maximum absolute atomic E-state index is 12.3. The molecule has 4 heteroatoms. The SMILES string of the molecule is COc1ccc(NC(=O)c2cc(C)cc(C)c2)cc1OC. The Morgan fingerprint density at radius 3 is 2.10 bits per heavy atom. The Hall–Kier alpha value is -2.49. The molecule has 0 spiro atoms. The van der Waals surface area contributed by atoms with Crippen LogP contribution in [0.3, 0.4) is 0 Å². The molecule has 1 N–H and O–H groups in total. The van der Waals surface area contributed by atoms with Gasteiger partial charge in [0.1, 0.15) is 0 Å². The molecule has 0 unspecified atom stereocenters. The van der Waals surface area contributed by atoms with E-state index in [2.05, 4.69) is 5.32 Å². The van der Waals surface area contributed by atoms with E-state index in [-0.39, 0.29) is 5.91 Å². The summed E-state index contributed by atoms with van der Waals surface area (Å²) in [6.07, 6.45) is 0. The van der Waals surface area contributed by atoms with Crippen LogP contribution in [0.1, 0.15) is 21.5 Å². The lowest BCUT2D eigenvalue weighted by Gasteiger charge is -2.11. The molecule has 0 aliphatic carbocycles. The fraction of sp³-hybridized carbons (Fsp3) is 0.235. The molecule has 2 aromatic rings. The first-order valence-corrected chi connectivity index (χ1v) is 6.65. The van der Waals surface area contributed by atoms with Crippen molar-refractivity contribution in [2.75, 3.05) is 19.5 Å². The van der Waals surface area contributed by atoms with Crippen LogP contribution in [0.5, 0.6) is 11.5 Å². The van der Waals surface area contributed by atoms with Crippen molar-refractivity contribution in [1.82, 2.24) is 0 Å². The van der Waals surface area contributed by atoms with Crippen LogP contribution in [0.15, 0.2) is 36.4 Å². The van der Waals surface area contributed by atoms with Gasteiger partial charge in [-0.2, -0.15) is 0 Å². The number of carbonyl (C=O) groups excluding carboxylic acids is 1. The zero-order chi connectivity index (χ0) is 15.4. The lowest BCUT2D eigenvalue weighted by molar-refractivity contribution is 0.102. The Balaban J connectivity index is 2.23. The van der Waals surface area contributed by atoms with E-state index in [1.165, 1.54) is 0 Å². The van der Waals surface area contributed by atoms with Crippen LogP contribution >= 0.6 is 0 Å². The molecule has 21 heavy (non-hydrogen) atoms. The third kappa shape index (κ3) is 3.54. The molecule has 0 radical (unpaired) electrons. The van der Waals surface area contributed by atoms with Gasteiger partial charge in [0.15, 0.2) is 11.5 Å². The van der Waals surface area contributed by atoms with Crippen molar-refractivity contribution in [1.29, 1.82) is 0 Å². The molecule has 0 atom stereocenters. The number of aryl methyl sites for hydroxylation is 2. The van der Waals surface area contributed by atoms with Crippen molar-refractivity contribution >= 4 is 11.6 Å². The summed E-state index contributed by atoms with van der Waals surface area (Å²) in [4.78, 5) is 12.3. The summed E-state index contributed by atoms with van der Waals surface area (Å²) in [5.74, 6) is 1.06. The molecule has 0 aromatic heterocycles. The summed E-state index contributed by atoms with van der Waals surface area (Å²) in [6, 6.07) is 11.0. The van der Waals surface area contributed by atoms with E-state index in [9.17, 15) is 4.79 Å². The highest BCUT2D eigenvalue weighted by Gasteiger charge is 2.10. The minimum atomic E-state index is -0.144. The first-order chi connectivity index (χ1) is 10.0. The predicted molar refractivity (Wildman–Crippen MR) is 83.4 cm³/mol. The Morgan fingerprint density at radius 2 is 1.52 bits per heavy atom. The highest BCUT2D eigenvalue weighted by atomic mass is 16.5. The molecule has 0 bridgehead atoms. The van der Waals surface area contributed by atoms with Crippen LogP contribution in [0, 0.1) is 13.8 Å². The topological polar surface area (TPSA) is 47.6 Å². The highest BCUT2D eigenvalue weighted by molar-refractivity contribution is 6.04. The van der Waals surface area contributed by atoms with Crippen LogP contribution < -0.4 is 14.8 Å². The molecule has 2 aromatic carbocycles. The van der Waals surface area contributed by atoms with E-state index in [4.69, 9.17) is 9.47 Å². The highest BCUT2D eigenvalue weighted by Crippen LogP contribution is 2.29. The number of anilines is 1. The number of ether oxygens (including phenoxy) is 2. The summed E-state index contributed by atoms with van der Waals surface area (Å²) >= 11 is 0. The second kappa shape index (κ2) is 6.31. The number of carbonyl (C=O) groups is 1. The molecule has 0 heterocycles. The minimum Gasteiger partial charge on any atom is -0.493 e. The van der Waals surface area contributed by atoms with Crippen molar-refractivity contribution in [3.05, 3.63) is 53.1 Å². The molecule has 4 nitrogen and oxygen atoms in total. The lowest BCUT2D eigenvalue weighted by atomic mass is 10.1. The quantitative estimate of drug-likeness (QED) is 0.934. The van der Waals surface area contributed by atoms with Crippen LogP contribution in [0.4, 0.5) is 5.69 Å². The summed E-state index contributed by atoms with van der Waals surface area (Å²) in [6.45, 7) is 3.94. The summed E-state index contributed by atoms with van der Waals surface area (Å²) in [7, 11) is 3.14. The van der Waals surface area contributed by atoms with Crippen LogP contribution in [0.25, 0.3) is 0 Å². The van der Waals surface area contributed by atoms with Crippen molar-refractivity contribution in [3.63, 3.8) is 0 Å². The van der Waals surface area contributed by atoms with Gasteiger partial charge in [-0.1, -0.05) is 17.2 Å². The Bertz CT molecular complexity index is 645. The Kier molecular flexibility index (Phi) is 4.48. The van der Waals surface area contributed by atoms with E-state index < -0.39 is 0 Å². The van der Waals surface area contributed by atoms with Gasteiger partial charge in [-0.25, -0.2) is 0 Å². The van der Waals surface area contributed by atoms with E-state index in [0.717, 1.165) is 11.1 Å². The average molecular weight is 285 g/mol. The minimum absolute atomic E-state index is 0.144. The molecular weight excluding hydrogens is 266 g/mol. The Morgan fingerprint density at radius 1 is 0.905 bits per heavy atom. The molecule has 0 fully saturated rings. The fourth-order valence-electron chi connectivity index (χ4n) is 2.22. The third-order valence-corrected chi connectivity index (χ3v) is 3.13. The molecule has 1 amide bonds. The second-order valence-electron chi connectivity index (χ2n) is 4.90. The molecule has 0 aliphatic heterocycles. The number of hydrogen-bond donors (Lipinski definition) is 1. The number of rotatable bonds is 4. The second-order valence-corrected chi connectivity index (χ2v) is 4.90. The van der Waals surface area contributed by atoms with E-state index in [1.807, 2.05) is 32.0 Å². The maximum Gasteiger partial charge on any atom is 0.255 e. The standard InChI is InChI=1S/C17H19NO3/c1-11-7-12(2)9-13(8-11)17(19)18-14-5-6-15(20-3)16(10-14)21-4/h5-10H,1-4H3,(H,18,19). The first-order valence-electron chi connectivity index (χ1n) is 6.65. The lowest BCUT2D eigenvalue weighted by Crippen LogP contribution is -2.12. The van der Waals surface area contributed by atoms with Crippen LogP contribution in [-0.2, 0) is 0 Å². The molecule has 0 saturated carbocycles. The van der Waals surface area contributed by atoms with Crippen molar-refractivity contribution in [3.8, 4) is 11.5 Å². The zero-order valence-corrected chi connectivity index (χ0v) is 12.7. The van der Waals surface area contributed by atoms with E-state index >= 15 is 0 Å². The van der Waals surface area contributed by atoms with Gasteiger partial charge < -0.3 is 14.8 Å². The Labute approximate surface area is 124 Å². The van der Waals surface area contributed by atoms with Gasteiger partial charge >= 0.3 is 0 Å². The number of nitrogens with one attached hydrogen (secondary N) is 1. The zero-order valence-electron chi connectivity index (χ0n) is 12.7. The summed E-state index contributed by atoms with van der Waals surface area (Å²) in [5, 5.41) is 2.86. The first kappa shape index (κ1) is 14.9. The average Bonchev–Trinajstić information content (AvgIpc) is 2.46. The van der Waals surface area contributed by atoms with Crippen molar-refractivity contribution < 1.29 is 14.3 Å². The van der Waals surface area contributed by atoms with Gasteiger partial charge in [-0.05, 0) is 38.1 Å². The van der Waals surface area contributed by atoms with E-state index in [1.54, 1.807) is 32.4 Å². The molecule has 2 rings (SSSR count). The largest absolute Gasteiger partial charge is 0.493 e. The molecular formula is C17H19NO3. The van der Waals surface area contributed by atoms with Gasteiger partial charge in [0.2, 0.25) is 0 Å². The fourth-order valence-corrected chi connectivity index (χ4v) is 2.22. The van der Waals surface area contributed by atoms with E-state index in [0.29, 0.717) is 22.7 Å². The van der Waals surface area contributed by atoms with Crippen LogP contribution in [-0.4, -0.2) is 20.1 Å². The number of hydrogen-bond acceptors (Lipinski definition) is 3. The maximum atomic E-state index is 12.3. The number of methoxy groups -OCH3 is 2. The van der Waals surface area contributed by atoms with Gasteiger partial charge in [0.05, 0.1) is 14.2 Å².